The van der Waals surface area contributed by atoms with Crippen molar-refractivity contribution in [3.05, 3.63) is 51.1 Å². The van der Waals surface area contributed by atoms with Crippen LogP contribution in [0, 0.1) is 23.2 Å². The number of nitrogens with one attached hydrogen (secondary N) is 1. The lowest BCUT2D eigenvalue weighted by Crippen LogP contribution is -2.58. The summed E-state index contributed by atoms with van der Waals surface area (Å²) in [4.78, 5) is 32.0. The lowest BCUT2D eigenvalue weighted by molar-refractivity contribution is -0.133. The minimum absolute atomic E-state index is 0.0581. The van der Waals surface area contributed by atoms with E-state index in [-0.39, 0.29) is 24.1 Å². The molecular weight excluding hydrogens is 482 g/mol. The summed E-state index contributed by atoms with van der Waals surface area (Å²) in [5.74, 6) is 1.91. The Hall–Kier alpha value is -2.22. The highest BCUT2D eigenvalue weighted by Gasteiger charge is 2.56. The Morgan fingerprint density at radius 2 is 2.00 bits per heavy atom. The van der Waals surface area contributed by atoms with Crippen molar-refractivity contribution in [3.8, 4) is 0 Å². The Kier molecular flexibility index (Phi) is 5.83. The Morgan fingerprint density at radius 3 is 2.64 bits per heavy atom. The molecule has 0 radical (unpaired) electrons. The van der Waals surface area contributed by atoms with Gasteiger partial charge in [-0.05, 0) is 82.5 Å². The molecule has 0 unspecified atom stereocenters. The molecule has 0 aliphatic heterocycles. The van der Waals surface area contributed by atoms with Crippen LogP contribution in [-0.2, 0) is 17.9 Å². The summed E-state index contributed by atoms with van der Waals surface area (Å²) in [5, 5.41) is 7.93. The fraction of sp³-hybridized carbons (Fsp3) is 0.600. The molecule has 0 spiro atoms. The first-order valence-electron chi connectivity index (χ1n) is 12.0. The normalized spacial score (nSPS) is 27.5. The molecular formula is C25H32BrN5O2. The molecule has 2 aromatic rings. The number of anilines is 1. The summed E-state index contributed by atoms with van der Waals surface area (Å²) in [7, 11) is 0. The van der Waals surface area contributed by atoms with E-state index in [9.17, 15) is 9.59 Å². The van der Waals surface area contributed by atoms with E-state index in [2.05, 4.69) is 52.1 Å². The van der Waals surface area contributed by atoms with Crippen LogP contribution in [0.2, 0.25) is 0 Å². The van der Waals surface area contributed by atoms with Crippen molar-refractivity contribution in [2.24, 2.45) is 23.2 Å². The molecule has 1 amide bonds. The maximum absolute atomic E-state index is 13.1. The number of pyridine rings is 1. The molecule has 4 saturated carbocycles. The number of nitrogens with zero attached hydrogens (tertiary/aromatic N) is 4. The third-order valence-corrected chi connectivity index (χ3v) is 9.14. The van der Waals surface area contributed by atoms with E-state index < -0.39 is 0 Å². The maximum atomic E-state index is 13.1. The zero-order valence-electron chi connectivity index (χ0n) is 19.5. The van der Waals surface area contributed by atoms with Crippen LogP contribution in [0.4, 0.5) is 5.69 Å². The monoisotopic (exact) mass is 513 g/mol. The molecule has 8 heteroatoms. The number of aromatic nitrogens is 3. The van der Waals surface area contributed by atoms with Gasteiger partial charge in [-0.25, -0.2) is 4.68 Å². The van der Waals surface area contributed by atoms with Crippen LogP contribution < -0.4 is 10.9 Å². The third-order valence-electron chi connectivity index (χ3n) is 8.38. The van der Waals surface area contributed by atoms with Gasteiger partial charge in [0.1, 0.15) is 11.0 Å². The zero-order valence-corrected chi connectivity index (χ0v) is 21.1. The van der Waals surface area contributed by atoms with Crippen LogP contribution in [0.5, 0.6) is 0 Å². The van der Waals surface area contributed by atoms with Gasteiger partial charge >= 0.3 is 0 Å². The van der Waals surface area contributed by atoms with Gasteiger partial charge < -0.3 is 10.2 Å². The summed E-state index contributed by atoms with van der Waals surface area (Å²) in [6.07, 6.45) is 9.58. The lowest BCUT2D eigenvalue weighted by Gasteiger charge is -2.62. The summed E-state index contributed by atoms with van der Waals surface area (Å²) < 4.78 is 1.72. The first-order chi connectivity index (χ1) is 15.8. The topological polar surface area (TPSA) is 80.1 Å². The van der Waals surface area contributed by atoms with Crippen molar-refractivity contribution < 1.29 is 4.79 Å². The molecule has 0 saturated heterocycles. The largest absolute Gasteiger partial charge is 0.380 e. The highest BCUT2D eigenvalue weighted by Crippen LogP contribution is 2.61. The van der Waals surface area contributed by atoms with Gasteiger partial charge in [0.15, 0.2) is 0 Å². The number of rotatable bonds is 7. The molecule has 6 rings (SSSR count). The van der Waals surface area contributed by atoms with Crippen LogP contribution in [0.3, 0.4) is 0 Å². The van der Waals surface area contributed by atoms with Gasteiger partial charge in [-0.2, -0.15) is 5.10 Å². The van der Waals surface area contributed by atoms with E-state index in [0.29, 0.717) is 34.3 Å². The van der Waals surface area contributed by atoms with Crippen LogP contribution in [0.25, 0.3) is 0 Å². The molecule has 4 aliphatic carbocycles. The first kappa shape index (κ1) is 22.6. The molecule has 2 aromatic heterocycles. The molecule has 2 heterocycles. The Morgan fingerprint density at radius 1 is 1.27 bits per heavy atom. The molecule has 176 valence electrons. The van der Waals surface area contributed by atoms with Crippen molar-refractivity contribution in [1.82, 2.24) is 19.7 Å². The molecule has 4 aliphatic rings. The van der Waals surface area contributed by atoms with Crippen LogP contribution in [-0.4, -0.2) is 37.7 Å². The van der Waals surface area contributed by atoms with Crippen molar-refractivity contribution in [2.75, 3.05) is 5.32 Å². The predicted molar refractivity (Wildman–Crippen MR) is 131 cm³/mol. The van der Waals surface area contributed by atoms with Gasteiger partial charge in [0.25, 0.3) is 5.56 Å². The van der Waals surface area contributed by atoms with E-state index >= 15 is 0 Å². The zero-order chi connectivity index (χ0) is 23.3. The average Bonchev–Trinajstić information content (AvgIpc) is 3.63. The third kappa shape index (κ3) is 4.22. The van der Waals surface area contributed by atoms with Gasteiger partial charge in [0.2, 0.25) is 5.91 Å². The van der Waals surface area contributed by atoms with Crippen LogP contribution in [0.1, 0.15) is 52.0 Å². The van der Waals surface area contributed by atoms with Gasteiger partial charge in [-0.3, -0.25) is 14.6 Å². The SMILES string of the molecule is C[C@@H]1[C@H]2C[C@@H](C[C@H]1Nc1cnn(CC(=O)N(Cc3ccncc3)C3CC3)c(=O)c1Br)C2(C)C. The number of fused-ring (bicyclic) bond motifs is 2. The van der Waals surface area contributed by atoms with Crippen molar-refractivity contribution in [2.45, 2.75) is 71.6 Å². The van der Waals surface area contributed by atoms with Gasteiger partial charge in [-0.15, -0.1) is 0 Å². The summed E-state index contributed by atoms with van der Waals surface area (Å²) in [6, 6.07) is 4.42. The molecule has 1 N–H and O–H groups in total. The molecule has 2 bridgehead atoms. The Labute approximate surface area is 203 Å². The van der Waals surface area contributed by atoms with Crippen LogP contribution in [0.15, 0.2) is 40.0 Å². The summed E-state index contributed by atoms with van der Waals surface area (Å²) in [6.45, 7) is 7.55. The number of hydrogen-bond donors (Lipinski definition) is 1. The number of halogens is 1. The van der Waals surface area contributed by atoms with Crippen molar-refractivity contribution >= 4 is 27.5 Å². The minimum Gasteiger partial charge on any atom is -0.380 e. The van der Waals surface area contributed by atoms with Gasteiger partial charge in [0.05, 0.1) is 11.9 Å². The number of hydrogen-bond acceptors (Lipinski definition) is 5. The van der Waals surface area contributed by atoms with Crippen molar-refractivity contribution in [1.29, 1.82) is 0 Å². The molecule has 33 heavy (non-hydrogen) atoms. The van der Waals surface area contributed by atoms with E-state index in [4.69, 9.17) is 0 Å². The second-order valence-corrected chi connectivity index (χ2v) is 11.4. The molecule has 0 aromatic carbocycles. The fourth-order valence-corrected chi connectivity index (χ4v) is 6.35. The smallest absolute Gasteiger partial charge is 0.283 e. The lowest BCUT2D eigenvalue weighted by atomic mass is 9.45. The van der Waals surface area contributed by atoms with Gasteiger partial charge in [-0.1, -0.05) is 20.8 Å². The highest BCUT2D eigenvalue weighted by atomic mass is 79.9. The van der Waals surface area contributed by atoms with E-state index in [1.54, 1.807) is 18.6 Å². The summed E-state index contributed by atoms with van der Waals surface area (Å²) >= 11 is 3.48. The fourth-order valence-electron chi connectivity index (χ4n) is 5.93. The molecule has 4 fully saturated rings. The maximum Gasteiger partial charge on any atom is 0.283 e. The predicted octanol–water partition coefficient (Wildman–Crippen LogP) is 4.07. The number of amides is 1. The summed E-state index contributed by atoms with van der Waals surface area (Å²) in [5.41, 5.74) is 1.90. The van der Waals surface area contributed by atoms with Crippen molar-refractivity contribution in [3.63, 3.8) is 0 Å². The van der Waals surface area contributed by atoms with Gasteiger partial charge in [0, 0.05) is 31.0 Å². The standard InChI is InChI=1S/C25H32BrN5O2/c1-15-19-10-17(25(19,2)3)11-20(15)29-21-12-28-31(24(33)23(21)26)14-22(32)30(18-4-5-18)13-16-6-8-27-9-7-16/h6-9,12,15,17-20,29H,4-5,10-11,13-14H2,1-3H3/t15-,17+,19-,20-/m1/s1. The highest BCUT2D eigenvalue weighted by molar-refractivity contribution is 9.10. The Balaban J connectivity index is 1.28. The minimum atomic E-state index is -0.276. The first-order valence-corrected chi connectivity index (χ1v) is 12.8. The van der Waals surface area contributed by atoms with E-state index in [1.165, 1.54) is 11.1 Å². The number of carbonyl (C=O) groups excluding carboxylic acids is 1. The Bertz CT molecular complexity index is 1100. The van der Waals surface area contributed by atoms with E-state index in [0.717, 1.165) is 36.4 Å². The number of carbonyl (C=O) groups is 1. The molecule has 4 atom stereocenters. The average molecular weight is 514 g/mol. The second-order valence-electron chi connectivity index (χ2n) is 10.6. The van der Waals surface area contributed by atoms with Crippen LogP contribution >= 0.6 is 15.9 Å². The second kappa shape index (κ2) is 8.53. The molecule has 7 nitrogen and oxygen atoms in total. The quantitative estimate of drug-likeness (QED) is 0.603. The van der Waals surface area contributed by atoms with E-state index in [1.807, 2.05) is 17.0 Å².